The molecule has 1 heterocycles. The number of aromatic hydroxyl groups is 1. The number of benzene rings is 2. The number of aryl methyl sites for hydroxylation is 1. The zero-order valence-electron chi connectivity index (χ0n) is 13.6. The number of phenolic OH excluding ortho intramolecular Hbond substituents is 1. The molecule has 0 aliphatic heterocycles. The van der Waals surface area contributed by atoms with Crippen LogP contribution in [-0.4, -0.2) is 34.7 Å². The number of halogens is 3. The highest BCUT2D eigenvalue weighted by Gasteiger charge is 2.36. The lowest BCUT2D eigenvalue weighted by Gasteiger charge is -2.08. The van der Waals surface area contributed by atoms with Gasteiger partial charge in [-0.15, -0.1) is 0 Å². The monoisotopic (exact) mass is 403 g/mol. The highest BCUT2D eigenvalue weighted by molar-refractivity contribution is 7.86. The minimum absolute atomic E-state index is 0.0604. The topological polar surface area (TPSA) is 119 Å². The molecule has 0 aliphatic carbocycles. The van der Waals surface area contributed by atoms with Crippen molar-refractivity contribution in [3.63, 3.8) is 0 Å². The number of pyridine rings is 1. The Morgan fingerprint density at radius 1 is 1.07 bits per heavy atom. The predicted molar refractivity (Wildman–Crippen MR) is 87.0 cm³/mol. The second kappa shape index (κ2) is 7.00. The van der Waals surface area contributed by atoms with Crippen molar-refractivity contribution in [3.05, 3.63) is 48.0 Å². The fourth-order valence-corrected chi connectivity index (χ4v) is 2.50. The van der Waals surface area contributed by atoms with Crippen molar-refractivity contribution in [3.8, 4) is 5.75 Å². The van der Waals surface area contributed by atoms with Crippen molar-refractivity contribution in [2.24, 2.45) is 7.05 Å². The number of rotatable bonds is 1. The summed E-state index contributed by atoms with van der Waals surface area (Å²) in [7, 11) is -4.21. The molecule has 0 amide bonds. The molecule has 0 saturated heterocycles. The number of carbonyl (C=O) groups is 1. The van der Waals surface area contributed by atoms with Crippen molar-refractivity contribution in [1.29, 1.82) is 0 Å². The zero-order valence-corrected chi connectivity index (χ0v) is 14.4. The van der Waals surface area contributed by atoms with Crippen LogP contribution < -0.4 is 4.57 Å². The maximum absolute atomic E-state index is 11.6. The zero-order chi connectivity index (χ0) is 20.6. The van der Waals surface area contributed by atoms with Crippen molar-refractivity contribution in [2.45, 2.75) is 5.51 Å². The van der Waals surface area contributed by atoms with Crippen LogP contribution in [0.15, 0.2) is 42.5 Å². The summed E-state index contributed by atoms with van der Waals surface area (Å²) in [6.07, 6.45) is 0. The molecule has 0 atom stereocenters. The van der Waals surface area contributed by atoms with Crippen molar-refractivity contribution in [1.82, 2.24) is 0 Å². The largest absolute Gasteiger partial charge is 0.741 e. The van der Waals surface area contributed by atoms with E-state index in [1.54, 1.807) is 18.2 Å². The van der Waals surface area contributed by atoms with Crippen molar-refractivity contribution >= 4 is 37.9 Å². The van der Waals surface area contributed by atoms with E-state index >= 15 is 0 Å². The van der Waals surface area contributed by atoms with Gasteiger partial charge in [-0.3, -0.25) is 0 Å². The van der Waals surface area contributed by atoms with Crippen LogP contribution in [0.1, 0.15) is 10.4 Å². The SMILES string of the molecule is C[n+]1c2ccccc2c(C(=O)O)c2cc(O)ccc21.O=S(=O)([O-])C(F)(F)F. The molecule has 2 N–H and O–H groups in total. The number of phenols is 1. The quantitative estimate of drug-likeness (QED) is 0.279. The number of alkyl halides is 3. The van der Waals surface area contributed by atoms with Crippen LogP contribution in [0.4, 0.5) is 13.2 Å². The molecule has 144 valence electrons. The first-order chi connectivity index (χ1) is 12.3. The molecule has 0 bridgehead atoms. The normalized spacial score (nSPS) is 11.9. The summed E-state index contributed by atoms with van der Waals surface area (Å²) >= 11 is 0. The van der Waals surface area contributed by atoms with E-state index in [-0.39, 0.29) is 11.3 Å². The Bertz CT molecular complexity index is 1140. The van der Waals surface area contributed by atoms with Crippen molar-refractivity contribution in [2.75, 3.05) is 0 Å². The number of hydrogen-bond acceptors (Lipinski definition) is 5. The molecule has 3 rings (SSSR count). The van der Waals surface area contributed by atoms with Crippen LogP contribution in [0.25, 0.3) is 21.8 Å². The number of aromatic nitrogens is 1. The summed E-state index contributed by atoms with van der Waals surface area (Å²) in [6.45, 7) is 0. The Morgan fingerprint density at radius 2 is 1.59 bits per heavy atom. The summed E-state index contributed by atoms with van der Waals surface area (Å²) in [6, 6.07) is 12.1. The van der Waals surface area contributed by atoms with Gasteiger partial charge in [-0.25, -0.2) is 13.2 Å². The van der Waals surface area contributed by atoms with E-state index in [2.05, 4.69) is 0 Å². The van der Waals surface area contributed by atoms with Gasteiger partial charge in [-0.05, 0) is 18.2 Å². The van der Waals surface area contributed by atoms with Gasteiger partial charge >= 0.3 is 11.5 Å². The smallest absolute Gasteiger partial charge is 0.485 e. The van der Waals surface area contributed by atoms with Crippen molar-refractivity contribution < 1.29 is 45.7 Å². The Hall–Kier alpha value is -2.92. The van der Waals surface area contributed by atoms with Gasteiger partial charge in [0, 0.05) is 12.1 Å². The number of nitrogens with zero attached hydrogens (tertiary/aromatic N) is 1. The van der Waals surface area contributed by atoms with Gasteiger partial charge in [0.25, 0.3) is 0 Å². The van der Waals surface area contributed by atoms with Gasteiger partial charge in [-0.2, -0.15) is 17.7 Å². The molecule has 0 fully saturated rings. The Kier molecular flexibility index (Phi) is 5.29. The molecule has 3 aromatic rings. The first-order valence-electron chi connectivity index (χ1n) is 7.13. The molecule has 2 aromatic carbocycles. The molecule has 0 radical (unpaired) electrons. The maximum atomic E-state index is 11.6. The summed E-state index contributed by atoms with van der Waals surface area (Å²) in [4.78, 5) is 11.6. The molecule has 0 aliphatic rings. The van der Waals surface area contributed by atoms with E-state index in [1.165, 1.54) is 6.07 Å². The van der Waals surface area contributed by atoms with Crippen LogP contribution in [0, 0.1) is 0 Å². The number of hydrogen-bond donors (Lipinski definition) is 2. The molecular weight excluding hydrogens is 391 g/mol. The van der Waals surface area contributed by atoms with Crippen LogP contribution in [-0.2, 0) is 17.2 Å². The summed E-state index contributed by atoms with van der Waals surface area (Å²) in [5, 5.41) is 20.3. The number of aromatic carboxylic acids is 1. The number of carboxylic acids is 1. The molecule has 0 unspecified atom stereocenters. The summed E-state index contributed by atoms with van der Waals surface area (Å²) in [5.41, 5.74) is -3.81. The Balaban J connectivity index is 0.000000279. The van der Waals surface area contributed by atoms with Gasteiger partial charge in [-0.1, -0.05) is 12.1 Å². The van der Waals surface area contributed by atoms with Gasteiger partial charge in [0.15, 0.2) is 10.1 Å². The van der Waals surface area contributed by atoms with Crippen LogP contribution in [0.5, 0.6) is 5.75 Å². The fourth-order valence-electron chi connectivity index (χ4n) is 2.50. The number of fused-ring (bicyclic) bond motifs is 2. The molecule has 7 nitrogen and oxygen atoms in total. The summed E-state index contributed by atoms with van der Waals surface area (Å²) in [5.74, 6) is -0.933. The third-order valence-corrected chi connectivity index (χ3v) is 4.21. The number of carboxylic acid groups (broad SMARTS) is 1. The van der Waals surface area contributed by atoms with E-state index in [4.69, 9.17) is 13.0 Å². The molecule has 27 heavy (non-hydrogen) atoms. The maximum Gasteiger partial charge on any atom is 0.485 e. The third-order valence-electron chi connectivity index (χ3n) is 3.64. The fraction of sp³-hybridized carbons (Fsp3) is 0.125. The van der Waals surface area contributed by atoms with Gasteiger partial charge in [0.05, 0.1) is 16.3 Å². The second-order valence-corrected chi connectivity index (χ2v) is 6.73. The third kappa shape index (κ3) is 4.09. The lowest BCUT2D eigenvalue weighted by molar-refractivity contribution is -0.617. The minimum Gasteiger partial charge on any atom is -0.741 e. The first kappa shape index (κ1) is 20.4. The number of para-hydroxylation sites is 1. The van der Waals surface area contributed by atoms with Crippen LogP contribution in [0.3, 0.4) is 0 Å². The van der Waals surface area contributed by atoms with Gasteiger partial charge in [0.1, 0.15) is 12.8 Å². The molecule has 0 spiro atoms. The Morgan fingerprint density at radius 3 is 2.11 bits per heavy atom. The van der Waals surface area contributed by atoms with Crippen LogP contribution >= 0.6 is 0 Å². The van der Waals surface area contributed by atoms with E-state index < -0.39 is 21.6 Å². The highest BCUT2D eigenvalue weighted by atomic mass is 32.2. The lowest BCUT2D eigenvalue weighted by Crippen LogP contribution is -2.31. The predicted octanol–water partition coefficient (Wildman–Crippen LogP) is 2.27. The lowest BCUT2D eigenvalue weighted by atomic mass is 10.0. The molecular formula is C16H12F3NO6S. The molecule has 0 saturated carbocycles. The summed E-state index contributed by atoms with van der Waals surface area (Å²) < 4.78 is 60.8. The first-order valence-corrected chi connectivity index (χ1v) is 8.54. The average Bonchev–Trinajstić information content (AvgIpc) is 2.53. The molecule has 1 aromatic heterocycles. The van der Waals surface area contributed by atoms with Gasteiger partial charge in [0.2, 0.25) is 11.0 Å². The molecule has 11 heteroatoms. The highest BCUT2D eigenvalue weighted by Crippen LogP contribution is 2.27. The van der Waals surface area contributed by atoms with E-state index in [0.29, 0.717) is 10.8 Å². The Labute approximate surface area is 150 Å². The minimum atomic E-state index is -6.09. The van der Waals surface area contributed by atoms with E-state index in [1.807, 2.05) is 29.8 Å². The van der Waals surface area contributed by atoms with Crippen LogP contribution in [0.2, 0.25) is 0 Å². The van der Waals surface area contributed by atoms with E-state index in [0.717, 1.165) is 11.0 Å². The van der Waals surface area contributed by atoms with Gasteiger partial charge < -0.3 is 14.8 Å². The standard InChI is InChI=1S/C15H11NO3.CHF3O3S/c1-16-12-5-3-2-4-10(12)14(15(18)19)11-8-9(17)6-7-13(11)16;2-1(3,4)8(5,6)7/h2-8H,1H3,(H-,17,18,19);(H,5,6,7). The average molecular weight is 403 g/mol. The van der Waals surface area contributed by atoms with E-state index in [9.17, 15) is 28.2 Å². The second-order valence-electron chi connectivity index (χ2n) is 5.36.